The van der Waals surface area contributed by atoms with Crippen LogP contribution in [0.3, 0.4) is 0 Å². The Hall–Kier alpha value is -1.10. The molecule has 2 fully saturated rings. The summed E-state index contributed by atoms with van der Waals surface area (Å²) in [6.45, 7) is 7.88. The standard InChI is InChI=1S/C14H24N2O3/c1-14(2,3)12-9(6-7-19-12)8-15-13(18)10-4-5-11(17)16-10/h9-10,12H,4-8H2,1-3H3,(H,15,18)(H,16,17)/t9-,10?,12+/m1/s1. The maximum atomic E-state index is 11.9. The fourth-order valence-corrected chi connectivity index (χ4v) is 2.97. The van der Waals surface area contributed by atoms with Gasteiger partial charge in [0.05, 0.1) is 6.10 Å². The van der Waals surface area contributed by atoms with Crippen molar-refractivity contribution in [3.05, 3.63) is 0 Å². The third kappa shape index (κ3) is 3.47. The van der Waals surface area contributed by atoms with Gasteiger partial charge in [-0.05, 0) is 18.3 Å². The van der Waals surface area contributed by atoms with Crippen LogP contribution in [0.2, 0.25) is 0 Å². The Bertz CT molecular complexity index is 362. The molecule has 2 amide bonds. The summed E-state index contributed by atoms with van der Waals surface area (Å²) in [6.07, 6.45) is 2.23. The minimum absolute atomic E-state index is 0.0306. The minimum Gasteiger partial charge on any atom is -0.377 e. The van der Waals surface area contributed by atoms with Crippen LogP contribution >= 0.6 is 0 Å². The first-order valence-corrected chi connectivity index (χ1v) is 7.06. The summed E-state index contributed by atoms with van der Waals surface area (Å²) in [6, 6.07) is -0.345. The van der Waals surface area contributed by atoms with Gasteiger partial charge in [0.2, 0.25) is 11.8 Å². The maximum Gasteiger partial charge on any atom is 0.242 e. The smallest absolute Gasteiger partial charge is 0.242 e. The lowest BCUT2D eigenvalue weighted by Gasteiger charge is -2.31. The molecule has 2 aliphatic rings. The third-order valence-electron chi connectivity index (χ3n) is 3.92. The number of ether oxygens (including phenoxy) is 1. The van der Waals surface area contributed by atoms with Crippen molar-refractivity contribution in [1.29, 1.82) is 0 Å². The molecule has 5 heteroatoms. The van der Waals surface area contributed by atoms with Crippen LogP contribution in [-0.2, 0) is 14.3 Å². The van der Waals surface area contributed by atoms with Gasteiger partial charge in [-0.2, -0.15) is 0 Å². The molecular formula is C14H24N2O3. The highest BCUT2D eigenvalue weighted by atomic mass is 16.5. The van der Waals surface area contributed by atoms with Crippen molar-refractivity contribution in [1.82, 2.24) is 10.6 Å². The number of hydrogen-bond donors (Lipinski definition) is 2. The summed E-state index contributed by atoms with van der Waals surface area (Å²) in [4.78, 5) is 23.0. The van der Waals surface area contributed by atoms with Gasteiger partial charge < -0.3 is 15.4 Å². The molecule has 0 aromatic carbocycles. The topological polar surface area (TPSA) is 67.4 Å². The second-order valence-electron chi connectivity index (χ2n) is 6.61. The summed E-state index contributed by atoms with van der Waals surface area (Å²) >= 11 is 0. The van der Waals surface area contributed by atoms with E-state index in [9.17, 15) is 9.59 Å². The van der Waals surface area contributed by atoms with Crippen molar-refractivity contribution in [3.63, 3.8) is 0 Å². The zero-order valence-electron chi connectivity index (χ0n) is 12.0. The Morgan fingerprint density at radius 2 is 2.16 bits per heavy atom. The first-order chi connectivity index (χ1) is 8.88. The van der Waals surface area contributed by atoms with Gasteiger partial charge in [-0.25, -0.2) is 0 Å². The summed E-state index contributed by atoms with van der Waals surface area (Å²) < 4.78 is 5.78. The van der Waals surface area contributed by atoms with Crippen LogP contribution in [0.5, 0.6) is 0 Å². The minimum atomic E-state index is -0.345. The molecule has 0 aromatic rings. The van der Waals surface area contributed by atoms with Crippen LogP contribution in [0.1, 0.15) is 40.0 Å². The average molecular weight is 268 g/mol. The van der Waals surface area contributed by atoms with E-state index in [4.69, 9.17) is 4.74 Å². The molecule has 19 heavy (non-hydrogen) atoms. The fraction of sp³-hybridized carbons (Fsp3) is 0.857. The van der Waals surface area contributed by atoms with Crippen LogP contribution in [0.4, 0.5) is 0 Å². The highest BCUT2D eigenvalue weighted by molar-refractivity contribution is 5.90. The lowest BCUT2D eigenvalue weighted by atomic mass is 9.81. The van der Waals surface area contributed by atoms with E-state index < -0.39 is 0 Å². The second-order valence-corrected chi connectivity index (χ2v) is 6.61. The van der Waals surface area contributed by atoms with Gasteiger partial charge in [-0.1, -0.05) is 20.8 Å². The van der Waals surface area contributed by atoms with Gasteiger partial charge in [-0.15, -0.1) is 0 Å². The van der Waals surface area contributed by atoms with E-state index in [0.29, 0.717) is 25.3 Å². The van der Waals surface area contributed by atoms with Gasteiger partial charge in [0.1, 0.15) is 6.04 Å². The Balaban J connectivity index is 1.81. The second kappa shape index (κ2) is 5.49. The number of carbonyl (C=O) groups excluding carboxylic acids is 2. The number of amides is 2. The van der Waals surface area contributed by atoms with Crippen LogP contribution < -0.4 is 10.6 Å². The molecule has 2 heterocycles. The highest BCUT2D eigenvalue weighted by Gasteiger charge is 2.37. The lowest BCUT2D eigenvalue weighted by Crippen LogP contribution is -2.45. The summed E-state index contributed by atoms with van der Waals surface area (Å²) in [5.41, 5.74) is 0.0907. The van der Waals surface area contributed by atoms with Gasteiger partial charge in [0, 0.05) is 25.5 Å². The summed E-state index contributed by atoms with van der Waals surface area (Å²) in [7, 11) is 0. The molecule has 5 nitrogen and oxygen atoms in total. The van der Waals surface area contributed by atoms with E-state index in [1.807, 2.05) is 0 Å². The van der Waals surface area contributed by atoms with Gasteiger partial charge in [0.25, 0.3) is 0 Å². The predicted octanol–water partition coefficient (Wildman–Crippen LogP) is 0.832. The Labute approximate surface area is 114 Å². The number of hydrogen-bond acceptors (Lipinski definition) is 3. The molecule has 2 rings (SSSR count). The van der Waals surface area contributed by atoms with Crippen molar-refractivity contribution in [2.24, 2.45) is 11.3 Å². The Morgan fingerprint density at radius 1 is 1.42 bits per heavy atom. The molecule has 2 aliphatic heterocycles. The van der Waals surface area contributed by atoms with Gasteiger partial charge in [-0.3, -0.25) is 9.59 Å². The Kier molecular flexibility index (Phi) is 4.13. The SMILES string of the molecule is CC(C)(C)[C@H]1OCC[C@@H]1CNC(=O)C1CCC(=O)N1. The molecule has 0 aliphatic carbocycles. The number of nitrogens with one attached hydrogen (secondary N) is 2. The van der Waals surface area contributed by atoms with Crippen LogP contribution in [0.15, 0.2) is 0 Å². The lowest BCUT2D eigenvalue weighted by molar-refractivity contribution is -0.126. The van der Waals surface area contributed by atoms with Crippen LogP contribution in [0.25, 0.3) is 0 Å². The van der Waals surface area contributed by atoms with E-state index in [0.717, 1.165) is 13.0 Å². The normalized spacial score (nSPS) is 31.3. The first kappa shape index (κ1) is 14.3. The summed E-state index contributed by atoms with van der Waals surface area (Å²) in [5.74, 6) is 0.267. The molecule has 108 valence electrons. The van der Waals surface area contributed by atoms with Gasteiger partial charge >= 0.3 is 0 Å². The average Bonchev–Trinajstić information content (AvgIpc) is 2.93. The number of rotatable bonds is 3. The molecule has 2 saturated heterocycles. The molecule has 0 spiro atoms. The molecule has 0 saturated carbocycles. The van der Waals surface area contributed by atoms with Crippen molar-refractivity contribution >= 4 is 11.8 Å². The van der Waals surface area contributed by atoms with Crippen molar-refractivity contribution in [3.8, 4) is 0 Å². The third-order valence-corrected chi connectivity index (χ3v) is 3.92. The molecule has 0 radical (unpaired) electrons. The molecular weight excluding hydrogens is 244 g/mol. The van der Waals surface area contributed by atoms with Crippen molar-refractivity contribution in [2.45, 2.75) is 52.2 Å². The first-order valence-electron chi connectivity index (χ1n) is 7.06. The molecule has 0 aromatic heterocycles. The van der Waals surface area contributed by atoms with E-state index in [1.54, 1.807) is 0 Å². The van der Waals surface area contributed by atoms with E-state index in [2.05, 4.69) is 31.4 Å². The van der Waals surface area contributed by atoms with E-state index in [-0.39, 0.29) is 29.4 Å². The van der Waals surface area contributed by atoms with E-state index in [1.165, 1.54) is 0 Å². The predicted molar refractivity (Wildman–Crippen MR) is 71.5 cm³/mol. The molecule has 2 N–H and O–H groups in total. The molecule has 3 atom stereocenters. The van der Waals surface area contributed by atoms with Gasteiger partial charge in [0.15, 0.2) is 0 Å². The maximum absolute atomic E-state index is 11.9. The van der Waals surface area contributed by atoms with Crippen molar-refractivity contribution < 1.29 is 14.3 Å². The van der Waals surface area contributed by atoms with Crippen LogP contribution in [-0.4, -0.2) is 37.1 Å². The van der Waals surface area contributed by atoms with Crippen molar-refractivity contribution in [2.75, 3.05) is 13.2 Å². The van der Waals surface area contributed by atoms with E-state index >= 15 is 0 Å². The molecule has 0 bridgehead atoms. The zero-order valence-corrected chi connectivity index (χ0v) is 12.0. The largest absolute Gasteiger partial charge is 0.377 e. The number of carbonyl (C=O) groups is 2. The summed E-state index contributed by atoms with van der Waals surface area (Å²) in [5, 5.41) is 5.64. The quantitative estimate of drug-likeness (QED) is 0.797. The van der Waals surface area contributed by atoms with Crippen LogP contribution in [0, 0.1) is 11.3 Å². The molecule has 1 unspecified atom stereocenters. The monoisotopic (exact) mass is 268 g/mol. The Morgan fingerprint density at radius 3 is 2.74 bits per heavy atom. The highest BCUT2D eigenvalue weighted by Crippen LogP contribution is 2.34. The fourth-order valence-electron chi connectivity index (χ4n) is 2.97. The zero-order chi connectivity index (χ0) is 14.0.